The number of hydrogen-bond donors (Lipinski definition) is 1. The molecule has 1 fully saturated rings. The number of aryl methyl sites for hydroxylation is 1. The number of nitrogens with one attached hydrogen (secondary N) is 1. The zero-order valence-electron chi connectivity index (χ0n) is 11.6. The molecule has 0 spiro atoms. The highest BCUT2D eigenvalue weighted by Gasteiger charge is 2.35. The first-order valence-corrected chi connectivity index (χ1v) is 7.39. The van der Waals surface area contributed by atoms with Crippen molar-refractivity contribution in [3.63, 3.8) is 0 Å². The zero-order valence-corrected chi connectivity index (χ0v) is 12.3. The van der Waals surface area contributed by atoms with Gasteiger partial charge >= 0.3 is 0 Å². The highest BCUT2D eigenvalue weighted by atomic mass is 35.5. The maximum Gasteiger partial charge on any atom is 0.253 e. The molecule has 1 amide bonds. The Balaban J connectivity index is 2.09. The average Bonchev–Trinajstić information content (AvgIpc) is 2.39. The van der Waals surface area contributed by atoms with Crippen molar-refractivity contribution in [2.75, 3.05) is 5.88 Å². The fraction of sp³-hybridized carbons (Fsp3) is 0.600. The molecule has 1 saturated carbocycles. The van der Waals surface area contributed by atoms with Gasteiger partial charge in [-0.1, -0.05) is 19.8 Å². The van der Waals surface area contributed by atoms with Crippen molar-refractivity contribution >= 4 is 17.5 Å². The number of carbonyl (C=O) groups excluding carboxylic acids is 1. The summed E-state index contributed by atoms with van der Waals surface area (Å²) < 4.78 is 0. The monoisotopic (exact) mass is 280 g/mol. The lowest BCUT2D eigenvalue weighted by Crippen LogP contribution is -2.52. The van der Waals surface area contributed by atoms with Crippen LogP contribution in [0.1, 0.15) is 48.7 Å². The van der Waals surface area contributed by atoms with Crippen LogP contribution < -0.4 is 5.32 Å². The van der Waals surface area contributed by atoms with Gasteiger partial charge in [-0.15, -0.1) is 11.6 Å². The van der Waals surface area contributed by atoms with Gasteiger partial charge in [0, 0.05) is 17.8 Å². The molecule has 2 rings (SSSR count). The van der Waals surface area contributed by atoms with Crippen LogP contribution in [0.25, 0.3) is 0 Å². The molecule has 0 aromatic carbocycles. The minimum absolute atomic E-state index is 0.0674. The van der Waals surface area contributed by atoms with Crippen LogP contribution in [0.2, 0.25) is 0 Å². The minimum atomic E-state index is -0.249. The van der Waals surface area contributed by atoms with E-state index in [0.29, 0.717) is 17.4 Å². The third kappa shape index (κ3) is 3.47. The van der Waals surface area contributed by atoms with Crippen molar-refractivity contribution < 1.29 is 4.79 Å². The molecule has 0 aliphatic heterocycles. The maximum absolute atomic E-state index is 12.3. The number of alkyl halides is 1. The molecule has 1 aliphatic rings. The first kappa shape index (κ1) is 14.3. The van der Waals surface area contributed by atoms with E-state index in [4.69, 9.17) is 11.6 Å². The van der Waals surface area contributed by atoms with Gasteiger partial charge in [-0.3, -0.25) is 9.78 Å². The SMILES string of the molecule is Cc1ccc(C(=O)NC2(CCl)CCCC(C)C2)cn1. The van der Waals surface area contributed by atoms with Crippen molar-refractivity contribution in [1.29, 1.82) is 0 Å². The summed E-state index contributed by atoms with van der Waals surface area (Å²) in [7, 11) is 0. The zero-order chi connectivity index (χ0) is 13.9. The minimum Gasteiger partial charge on any atom is -0.345 e. The van der Waals surface area contributed by atoms with E-state index in [-0.39, 0.29) is 11.4 Å². The van der Waals surface area contributed by atoms with E-state index in [2.05, 4.69) is 17.2 Å². The van der Waals surface area contributed by atoms with Crippen LogP contribution in [-0.2, 0) is 0 Å². The van der Waals surface area contributed by atoms with Gasteiger partial charge in [-0.25, -0.2) is 0 Å². The lowest BCUT2D eigenvalue weighted by Gasteiger charge is -2.39. The van der Waals surface area contributed by atoms with Crippen LogP contribution in [0.3, 0.4) is 0 Å². The summed E-state index contributed by atoms with van der Waals surface area (Å²) in [5.74, 6) is 1.02. The molecule has 1 N–H and O–H groups in total. The van der Waals surface area contributed by atoms with Gasteiger partial charge in [0.05, 0.1) is 11.1 Å². The lowest BCUT2D eigenvalue weighted by atomic mass is 9.77. The Morgan fingerprint density at radius 2 is 2.37 bits per heavy atom. The second-order valence-electron chi connectivity index (χ2n) is 5.76. The summed E-state index contributed by atoms with van der Waals surface area (Å²) in [5.41, 5.74) is 1.27. The molecular formula is C15H21ClN2O. The van der Waals surface area contributed by atoms with E-state index < -0.39 is 0 Å². The van der Waals surface area contributed by atoms with Crippen molar-refractivity contribution in [3.8, 4) is 0 Å². The fourth-order valence-corrected chi connectivity index (χ4v) is 3.15. The highest BCUT2D eigenvalue weighted by molar-refractivity contribution is 6.19. The summed E-state index contributed by atoms with van der Waals surface area (Å²) in [6.07, 6.45) is 5.90. The number of rotatable bonds is 3. The maximum atomic E-state index is 12.3. The van der Waals surface area contributed by atoms with E-state index >= 15 is 0 Å². The largest absolute Gasteiger partial charge is 0.345 e. The molecule has 4 heteroatoms. The van der Waals surface area contributed by atoms with Gasteiger partial charge in [0.25, 0.3) is 5.91 Å². The Morgan fingerprint density at radius 3 is 2.95 bits per heavy atom. The molecule has 104 valence electrons. The lowest BCUT2D eigenvalue weighted by molar-refractivity contribution is 0.0867. The predicted molar refractivity (Wildman–Crippen MR) is 77.5 cm³/mol. The summed E-state index contributed by atoms with van der Waals surface area (Å²) in [6.45, 7) is 4.13. The predicted octanol–water partition coefficient (Wildman–Crippen LogP) is 3.31. The van der Waals surface area contributed by atoms with Crippen LogP contribution in [0.5, 0.6) is 0 Å². The van der Waals surface area contributed by atoms with E-state index in [1.54, 1.807) is 6.20 Å². The molecule has 0 saturated heterocycles. The summed E-state index contributed by atoms with van der Waals surface area (Å²) in [6, 6.07) is 3.66. The Hall–Kier alpha value is -1.09. The summed E-state index contributed by atoms with van der Waals surface area (Å²) >= 11 is 6.13. The first-order chi connectivity index (χ1) is 9.04. The molecule has 1 aliphatic carbocycles. The highest BCUT2D eigenvalue weighted by Crippen LogP contribution is 2.33. The van der Waals surface area contributed by atoms with Gasteiger partial charge in [-0.05, 0) is 37.8 Å². The molecule has 1 aromatic rings. The van der Waals surface area contributed by atoms with Crippen LogP contribution in [0.15, 0.2) is 18.3 Å². The van der Waals surface area contributed by atoms with Crippen LogP contribution in [-0.4, -0.2) is 22.3 Å². The normalized spacial score (nSPS) is 27.0. The van der Waals surface area contributed by atoms with Gasteiger partial charge in [0.15, 0.2) is 0 Å². The number of amides is 1. The van der Waals surface area contributed by atoms with Gasteiger partial charge in [0.1, 0.15) is 0 Å². The van der Waals surface area contributed by atoms with E-state index in [9.17, 15) is 4.79 Å². The topological polar surface area (TPSA) is 42.0 Å². The third-order valence-corrected chi connectivity index (χ3v) is 4.41. The molecule has 0 bridgehead atoms. The molecule has 1 heterocycles. The number of pyridine rings is 1. The number of nitrogens with zero attached hydrogens (tertiary/aromatic N) is 1. The smallest absolute Gasteiger partial charge is 0.253 e. The second-order valence-corrected chi connectivity index (χ2v) is 6.03. The van der Waals surface area contributed by atoms with Crippen LogP contribution in [0.4, 0.5) is 0 Å². The van der Waals surface area contributed by atoms with Crippen molar-refractivity contribution in [1.82, 2.24) is 10.3 Å². The number of carbonyl (C=O) groups is 1. The van der Waals surface area contributed by atoms with Gasteiger partial charge in [0.2, 0.25) is 0 Å². The fourth-order valence-electron chi connectivity index (χ4n) is 2.84. The van der Waals surface area contributed by atoms with Crippen LogP contribution in [0, 0.1) is 12.8 Å². The van der Waals surface area contributed by atoms with Crippen molar-refractivity contribution in [3.05, 3.63) is 29.6 Å². The standard InChI is InChI=1S/C15H21ClN2O/c1-11-4-3-7-15(8-11,10-16)18-14(19)13-6-5-12(2)17-9-13/h5-6,9,11H,3-4,7-8,10H2,1-2H3,(H,18,19). The molecule has 0 radical (unpaired) electrons. The van der Waals surface area contributed by atoms with E-state index in [1.807, 2.05) is 19.1 Å². The van der Waals surface area contributed by atoms with Crippen LogP contribution >= 0.6 is 11.6 Å². The molecule has 19 heavy (non-hydrogen) atoms. The molecule has 1 aromatic heterocycles. The molecule has 2 unspecified atom stereocenters. The molecular weight excluding hydrogens is 260 g/mol. The van der Waals surface area contributed by atoms with Gasteiger partial charge < -0.3 is 5.32 Å². The van der Waals surface area contributed by atoms with E-state index in [0.717, 1.165) is 25.0 Å². The summed E-state index contributed by atoms with van der Waals surface area (Å²) in [4.78, 5) is 16.4. The van der Waals surface area contributed by atoms with Crippen molar-refractivity contribution in [2.45, 2.75) is 45.1 Å². The molecule has 2 atom stereocenters. The Labute approximate surface area is 119 Å². The third-order valence-electron chi connectivity index (χ3n) is 3.90. The number of halogens is 1. The number of aromatic nitrogens is 1. The number of hydrogen-bond acceptors (Lipinski definition) is 2. The Morgan fingerprint density at radius 1 is 1.58 bits per heavy atom. The Kier molecular flexibility index (Phi) is 4.46. The average molecular weight is 281 g/mol. The Bertz CT molecular complexity index is 446. The van der Waals surface area contributed by atoms with Gasteiger partial charge in [-0.2, -0.15) is 0 Å². The second kappa shape index (κ2) is 5.91. The molecule has 3 nitrogen and oxygen atoms in total. The summed E-state index contributed by atoms with van der Waals surface area (Å²) in [5, 5.41) is 3.14. The quantitative estimate of drug-likeness (QED) is 0.863. The van der Waals surface area contributed by atoms with Crippen molar-refractivity contribution in [2.24, 2.45) is 5.92 Å². The van der Waals surface area contributed by atoms with E-state index in [1.165, 1.54) is 6.42 Å². The first-order valence-electron chi connectivity index (χ1n) is 6.86.